The van der Waals surface area contributed by atoms with Crippen molar-refractivity contribution in [1.82, 2.24) is 10.6 Å². The van der Waals surface area contributed by atoms with E-state index in [1.165, 1.54) is 12.5 Å². The van der Waals surface area contributed by atoms with E-state index in [0.717, 1.165) is 31.8 Å². The first-order valence-corrected chi connectivity index (χ1v) is 5.34. The fourth-order valence-corrected chi connectivity index (χ4v) is 1.02. The van der Waals surface area contributed by atoms with E-state index in [-0.39, 0.29) is 0 Å². The van der Waals surface area contributed by atoms with E-state index in [0.29, 0.717) is 13.2 Å². The quantitative estimate of drug-likeness (QED) is 0.296. The second-order valence-electron chi connectivity index (χ2n) is 3.18. The first-order chi connectivity index (χ1) is 7.81. The van der Waals surface area contributed by atoms with Crippen molar-refractivity contribution >= 4 is 0 Å². The maximum absolute atomic E-state index is 4.97. The molecule has 0 amide bonds. The fraction of sp³-hybridized carbons (Fsp3) is 0.500. The molecular formula is C12H22N2O2. The van der Waals surface area contributed by atoms with Crippen molar-refractivity contribution in [3.05, 3.63) is 37.8 Å². The zero-order valence-corrected chi connectivity index (χ0v) is 9.84. The van der Waals surface area contributed by atoms with Gasteiger partial charge in [0.2, 0.25) is 0 Å². The van der Waals surface area contributed by atoms with Gasteiger partial charge in [0.05, 0.1) is 25.7 Å². The number of hydrogen-bond donors (Lipinski definition) is 2. The molecule has 0 saturated heterocycles. The molecule has 0 aliphatic rings. The highest BCUT2D eigenvalue weighted by Gasteiger charge is 1.93. The summed E-state index contributed by atoms with van der Waals surface area (Å²) in [6, 6.07) is 0. The van der Waals surface area contributed by atoms with Gasteiger partial charge in [-0.15, -0.1) is 0 Å². The Morgan fingerprint density at radius 1 is 0.938 bits per heavy atom. The molecule has 0 atom stereocenters. The molecule has 2 N–H and O–H groups in total. The third-order valence-electron chi connectivity index (χ3n) is 1.78. The predicted octanol–water partition coefficient (Wildman–Crippen LogP) is 1.04. The van der Waals surface area contributed by atoms with Gasteiger partial charge in [0.1, 0.15) is 0 Å². The zero-order valence-electron chi connectivity index (χ0n) is 9.84. The van der Waals surface area contributed by atoms with Crippen molar-refractivity contribution in [3.8, 4) is 0 Å². The highest BCUT2D eigenvalue weighted by Crippen LogP contribution is 1.84. The molecule has 0 aromatic heterocycles. The van der Waals surface area contributed by atoms with Crippen molar-refractivity contribution in [2.24, 2.45) is 0 Å². The second kappa shape index (κ2) is 11.8. The minimum absolute atomic E-state index is 0.636. The van der Waals surface area contributed by atoms with Crippen LogP contribution < -0.4 is 10.6 Å². The van der Waals surface area contributed by atoms with Crippen LogP contribution in [-0.2, 0) is 9.47 Å². The summed E-state index contributed by atoms with van der Waals surface area (Å²) < 4.78 is 9.94. The van der Waals surface area contributed by atoms with E-state index in [1.54, 1.807) is 0 Å². The van der Waals surface area contributed by atoms with Crippen LogP contribution in [-0.4, -0.2) is 39.4 Å². The standard InChI is InChI=1S/C12H22N2O2/c1-4-15-8-6-13-10-12(3)11-14-7-9-16-5-2/h4-5,13-14H,1-3,6-11H2. The molecular weight excluding hydrogens is 204 g/mol. The van der Waals surface area contributed by atoms with Gasteiger partial charge in [0.15, 0.2) is 0 Å². The van der Waals surface area contributed by atoms with Crippen LogP contribution in [0.5, 0.6) is 0 Å². The predicted molar refractivity (Wildman–Crippen MR) is 67.2 cm³/mol. The summed E-state index contributed by atoms with van der Waals surface area (Å²) in [6.07, 6.45) is 2.88. The van der Waals surface area contributed by atoms with Gasteiger partial charge >= 0.3 is 0 Å². The minimum atomic E-state index is 0.636. The van der Waals surface area contributed by atoms with E-state index < -0.39 is 0 Å². The number of nitrogens with one attached hydrogen (secondary N) is 2. The Labute approximate surface area is 98.0 Å². The zero-order chi connectivity index (χ0) is 12.1. The summed E-state index contributed by atoms with van der Waals surface area (Å²) in [5.41, 5.74) is 1.11. The average Bonchev–Trinajstić information content (AvgIpc) is 2.28. The van der Waals surface area contributed by atoms with Crippen LogP contribution in [0.4, 0.5) is 0 Å². The number of hydrogen-bond acceptors (Lipinski definition) is 4. The molecule has 0 bridgehead atoms. The van der Waals surface area contributed by atoms with Gasteiger partial charge in [-0.25, -0.2) is 0 Å². The molecule has 16 heavy (non-hydrogen) atoms. The topological polar surface area (TPSA) is 42.5 Å². The molecule has 0 rings (SSSR count). The normalized spacial score (nSPS) is 9.50. The summed E-state index contributed by atoms with van der Waals surface area (Å²) in [7, 11) is 0. The molecule has 0 saturated carbocycles. The lowest BCUT2D eigenvalue weighted by molar-refractivity contribution is 0.250. The molecule has 0 aliphatic carbocycles. The van der Waals surface area contributed by atoms with Crippen LogP contribution in [0.2, 0.25) is 0 Å². The monoisotopic (exact) mass is 226 g/mol. The van der Waals surface area contributed by atoms with Crippen molar-refractivity contribution in [3.63, 3.8) is 0 Å². The first kappa shape index (κ1) is 14.7. The van der Waals surface area contributed by atoms with Crippen LogP contribution in [0.1, 0.15) is 0 Å². The van der Waals surface area contributed by atoms with Gasteiger partial charge in [0.25, 0.3) is 0 Å². The van der Waals surface area contributed by atoms with Crippen LogP contribution >= 0.6 is 0 Å². The third-order valence-corrected chi connectivity index (χ3v) is 1.78. The van der Waals surface area contributed by atoms with Gasteiger partial charge in [-0.05, 0) is 5.57 Å². The molecule has 0 spiro atoms. The molecule has 0 unspecified atom stereocenters. The Morgan fingerprint density at radius 3 is 1.75 bits per heavy atom. The molecule has 0 aromatic carbocycles. The van der Waals surface area contributed by atoms with E-state index in [1.807, 2.05) is 0 Å². The summed E-state index contributed by atoms with van der Waals surface area (Å²) in [6.45, 7) is 15.3. The maximum Gasteiger partial charge on any atom is 0.0997 e. The lowest BCUT2D eigenvalue weighted by Gasteiger charge is -2.09. The molecule has 0 fully saturated rings. The Bertz CT molecular complexity index is 185. The van der Waals surface area contributed by atoms with Crippen molar-refractivity contribution in [2.75, 3.05) is 39.4 Å². The summed E-state index contributed by atoms with van der Waals surface area (Å²) in [5.74, 6) is 0. The third kappa shape index (κ3) is 10.8. The Morgan fingerprint density at radius 2 is 1.38 bits per heavy atom. The Balaban J connectivity index is 3.18. The Hall–Kier alpha value is -1.26. The smallest absolute Gasteiger partial charge is 0.0997 e. The van der Waals surface area contributed by atoms with Crippen molar-refractivity contribution in [1.29, 1.82) is 0 Å². The summed E-state index contributed by atoms with van der Waals surface area (Å²) >= 11 is 0. The van der Waals surface area contributed by atoms with E-state index >= 15 is 0 Å². The highest BCUT2D eigenvalue weighted by molar-refractivity contribution is 4.98. The van der Waals surface area contributed by atoms with E-state index in [4.69, 9.17) is 9.47 Å². The Kier molecular flexibility index (Phi) is 10.9. The minimum Gasteiger partial charge on any atom is -0.500 e. The summed E-state index contributed by atoms with van der Waals surface area (Å²) in [4.78, 5) is 0. The molecule has 0 radical (unpaired) electrons. The number of ether oxygens (including phenoxy) is 2. The van der Waals surface area contributed by atoms with Gasteiger partial charge in [-0.1, -0.05) is 19.7 Å². The van der Waals surface area contributed by atoms with E-state index in [9.17, 15) is 0 Å². The molecule has 0 aromatic rings. The lowest BCUT2D eigenvalue weighted by Crippen LogP contribution is -2.27. The first-order valence-electron chi connectivity index (χ1n) is 5.34. The molecule has 0 aliphatic heterocycles. The van der Waals surface area contributed by atoms with Gasteiger partial charge < -0.3 is 20.1 Å². The van der Waals surface area contributed by atoms with Crippen LogP contribution in [0, 0.1) is 0 Å². The molecule has 0 heterocycles. The SMILES string of the molecule is C=COCCNCC(=C)CNCCOC=C. The maximum atomic E-state index is 4.97. The van der Waals surface area contributed by atoms with Crippen molar-refractivity contribution < 1.29 is 9.47 Å². The van der Waals surface area contributed by atoms with Gasteiger partial charge in [-0.3, -0.25) is 0 Å². The van der Waals surface area contributed by atoms with Crippen LogP contribution in [0.3, 0.4) is 0 Å². The fourth-order valence-electron chi connectivity index (χ4n) is 1.02. The second-order valence-corrected chi connectivity index (χ2v) is 3.18. The summed E-state index contributed by atoms with van der Waals surface area (Å²) in [5, 5.41) is 6.42. The number of rotatable bonds is 12. The molecule has 4 nitrogen and oxygen atoms in total. The molecule has 4 heteroatoms. The van der Waals surface area contributed by atoms with Crippen LogP contribution in [0.25, 0.3) is 0 Å². The average molecular weight is 226 g/mol. The molecule has 92 valence electrons. The van der Waals surface area contributed by atoms with Crippen molar-refractivity contribution in [2.45, 2.75) is 0 Å². The van der Waals surface area contributed by atoms with Gasteiger partial charge in [-0.2, -0.15) is 0 Å². The van der Waals surface area contributed by atoms with E-state index in [2.05, 4.69) is 30.4 Å². The largest absolute Gasteiger partial charge is 0.500 e. The van der Waals surface area contributed by atoms with Gasteiger partial charge in [0, 0.05) is 26.2 Å². The lowest BCUT2D eigenvalue weighted by atomic mass is 10.3. The van der Waals surface area contributed by atoms with Crippen LogP contribution in [0.15, 0.2) is 37.8 Å². The highest BCUT2D eigenvalue weighted by atomic mass is 16.5.